The second-order valence-corrected chi connectivity index (χ2v) is 5.40. The van der Waals surface area contributed by atoms with Gasteiger partial charge < -0.3 is 10.4 Å². The first-order valence-corrected chi connectivity index (χ1v) is 6.87. The number of carboxylic acids is 1. The molecule has 0 spiro atoms. The van der Waals surface area contributed by atoms with Crippen molar-refractivity contribution in [2.45, 2.75) is 26.2 Å². The van der Waals surface area contributed by atoms with Crippen molar-refractivity contribution in [3.8, 4) is 0 Å². The van der Waals surface area contributed by atoms with Crippen molar-refractivity contribution in [3.63, 3.8) is 0 Å². The van der Waals surface area contributed by atoms with Gasteiger partial charge in [-0.05, 0) is 37.3 Å². The molecule has 4 nitrogen and oxygen atoms in total. The van der Waals surface area contributed by atoms with Crippen LogP contribution in [-0.4, -0.2) is 23.5 Å². The van der Waals surface area contributed by atoms with Crippen molar-refractivity contribution in [2.24, 2.45) is 11.8 Å². The number of halogens is 2. The van der Waals surface area contributed by atoms with Crippen LogP contribution in [0.3, 0.4) is 0 Å². The molecule has 1 fully saturated rings. The average Bonchev–Trinajstić information content (AvgIpc) is 2.89. The highest BCUT2D eigenvalue weighted by Gasteiger charge is 2.33. The summed E-state index contributed by atoms with van der Waals surface area (Å²) < 4.78 is 27.4. The molecule has 0 heterocycles. The molecular weight excluding hydrogens is 280 g/mol. The summed E-state index contributed by atoms with van der Waals surface area (Å²) in [4.78, 5) is 23.0. The zero-order valence-electron chi connectivity index (χ0n) is 11.7. The Morgan fingerprint density at radius 2 is 2.05 bits per heavy atom. The molecule has 21 heavy (non-hydrogen) atoms. The summed E-state index contributed by atoms with van der Waals surface area (Å²) in [6, 6.07) is 2.31. The minimum absolute atomic E-state index is 0.114. The Balaban J connectivity index is 2.06. The molecule has 0 radical (unpaired) electrons. The van der Waals surface area contributed by atoms with Gasteiger partial charge in [0.25, 0.3) is 5.91 Å². The van der Waals surface area contributed by atoms with Gasteiger partial charge in [0.05, 0.1) is 5.92 Å². The molecule has 114 valence electrons. The van der Waals surface area contributed by atoms with Gasteiger partial charge in [-0.3, -0.25) is 9.59 Å². The van der Waals surface area contributed by atoms with E-state index in [9.17, 15) is 18.4 Å². The third-order valence-electron chi connectivity index (χ3n) is 4.01. The van der Waals surface area contributed by atoms with Gasteiger partial charge in [-0.1, -0.05) is 12.5 Å². The molecule has 1 saturated carbocycles. The maximum absolute atomic E-state index is 13.8. The van der Waals surface area contributed by atoms with Crippen LogP contribution in [0.15, 0.2) is 12.1 Å². The maximum atomic E-state index is 13.8. The van der Waals surface area contributed by atoms with Crippen LogP contribution in [0.2, 0.25) is 0 Å². The SMILES string of the molecule is Cc1ccc(F)c(C(=O)NCC2CCCC2C(=O)O)c1F. The lowest BCUT2D eigenvalue weighted by atomic mass is 9.96. The largest absolute Gasteiger partial charge is 0.481 e. The summed E-state index contributed by atoms with van der Waals surface area (Å²) in [5.41, 5.74) is -0.425. The molecule has 0 aromatic heterocycles. The Morgan fingerprint density at radius 3 is 2.71 bits per heavy atom. The second kappa shape index (κ2) is 6.20. The van der Waals surface area contributed by atoms with E-state index in [4.69, 9.17) is 5.11 Å². The number of amides is 1. The maximum Gasteiger partial charge on any atom is 0.306 e. The Kier molecular flexibility index (Phi) is 4.55. The van der Waals surface area contributed by atoms with Crippen molar-refractivity contribution in [1.29, 1.82) is 0 Å². The van der Waals surface area contributed by atoms with E-state index in [1.165, 1.54) is 13.0 Å². The first-order chi connectivity index (χ1) is 9.91. The van der Waals surface area contributed by atoms with Crippen LogP contribution >= 0.6 is 0 Å². The van der Waals surface area contributed by atoms with Gasteiger partial charge in [-0.15, -0.1) is 0 Å². The van der Waals surface area contributed by atoms with Crippen molar-refractivity contribution in [2.75, 3.05) is 6.54 Å². The lowest BCUT2D eigenvalue weighted by Gasteiger charge is -2.16. The van der Waals surface area contributed by atoms with E-state index in [2.05, 4.69) is 5.32 Å². The standard InChI is InChI=1S/C15H17F2NO3/c1-8-5-6-11(16)12(13(8)17)14(19)18-7-9-3-2-4-10(9)15(20)21/h5-6,9-10H,2-4,7H2,1H3,(H,18,19)(H,20,21). The fraction of sp³-hybridized carbons (Fsp3) is 0.467. The van der Waals surface area contributed by atoms with Gasteiger partial charge >= 0.3 is 5.97 Å². The van der Waals surface area contributed by atoms with Crippen molar-refractivity contribution in [1.82, 2.24) is 5.32 Å². The number of hydrogen-bond donors (Lipinski definition) is 2. The Hall–Kier alpha value is -1.98. The number of hydrogen-bond acceptors (Lipinski definition) is 2. The van der Waals surface area contributed by atoms with Gasteiger partial charge in [-0.2, -0.15) is 0 Å². The predicted molar refractivity (Wildman–Crippen MR) is 71.9 cm³/mol. The lowest BCUT2D eigenvalue weighted by Crippen LogP contribution is -2.34. The zero-order chi connectivity index (χ0) is 15.6. The summed E-state index contributed by atoms with van der Waals surface area (Å²) in [6.07, 6.45) is 2.05. The van der Waals surface area contributed by atoms with Crippen molar-refractivity contribution in [3.05, 3.63) is 34.9 Å². The molecule has 2 rings (SSSR count). The highest BCUT2D eigenvalue weighted by atomic mass is 19.1. The average molecular weight is 297 g/mol. The van der Waals surface area contributed by atoms with Gasteiger partial charge in [0.1, 0.15) is 17.2 Å². The fourth-order valence-electron chi connectivity index (χ4n) is 2.78. The van der Waals surface area contributed by atoms with Crippen LogP contribution in [0.1, 0.15) is 35.2 Å². The number of carbonyl (C=O) groups is 2. The number of benzene rings is 1. The Labute approximate surface area is 121 Å². The molecule has 0 saturated heterocycles. The van der Waals surface area contributed by atoms with Crippen LogP contribution in [-0.2, 0) is 4.79 Å². The first-order valence-electron chi connectivity index (χ1n) is 6.87. The van der Waals surface area contributed by atoms with Crippen LogP contribution in [0, 0.1) is 30.4 Å². The van der Waals surface area contributed by atoms with Crippen LogP contribution in [0.4, 0.5) is 8.78 Å². The van der Waals surface area contributed by atoms with Crippen molar-refractivity contribution >= 4 is 11.9 Å². The van der Waals surface area contributed by atoms with Crippen molar-refractivity contribution < 1.29 is 23.5 Å². The van der Waals surface area contributed by atoms with E-state index < -0.39 is 35.0 Å². The third-order valence-corrected chi connectivity index (χ3v) is 4.01. The zero-order valence-corrected chi connectivity index (χ0v) is 11.7. The highest BCUT2D eigenvalue weighted by molar-refractivity contribution is 5.95. The minimum Gasteiger partial charge on any atom is -0.481 e. The number of aliphatic carboxylic acids is 1. The summed E-state index contributed by atoms with van der Waals surface area (Å²) in [7, 11) is 0. The second-order valence-electron chi connectivity index (χ2n) is 5.40. The number of carboxylic acid groups (broad SMARTS) is 1. The van der Waals surface area contributed by atoms with E-state index in [1.807, 2.05) is 0 Å². The molecule has 6 heteroatoms. The first kappa shape index (κ1) is 15.4. The topological polar surface area (TPSA) is 66.4 Å². The van der Waals surface area contributed by atoms with E-state index in [1.54, 1.807) is 0 Å². The fourth-order valence-corrected chi connectivity index (χ4v) is 2.78. The smallest absolute Gasteiger partial charge is 0.306 e. The van der Waals surface area contributed by atoms with Crippen LogP contribution in [0.25, 0.3) is 0 Å². The highest BCUT2D eigenvalue weighted by Crippen LogP contribution is 2.31. The number of aryl methyl sites for hydroxylation is 1. The molecule has 1 aromatic carbocycles. The molecule has 2 atom stereocenters. The van der Waals surface area contributed by atoms with E-state index >= 15 is 0 Å². The number of rotatable bonds is 4. The predicted octanol–water partition coefficient (Wildman–Crippen LogP) is 2.50. The third kappa shape index (κ3) is 3.20. The van der Waals surface area contributed by atoms with Crippen LogP contribution in [0.5, 0.6) is 0 Å². The molecule has 1 aliphatic rings. The van der Waals surface area contributed by atoms with Gasteiger partial charge in [-0.25, -0.2) is 8.78 Å². The number of nitrogens with one attached hydrogen (secondary N) is 1. The van der Waals surface area contributed by atoms with Gasteiger partial charge in [0.15, 0.2) is 0 Å². The molecule has 1 aromatic rings. The summed E-state index contributed by atoms with van der Waals surface area (Å²) in [5, 5.41) is 11.5. The molecule has 1 amide bonds. The molecule has 0 bridgehead atoms. The normalized spacial score (nSPS) is 21.3. The molecular formula is C15H17F2NO3. The van der Waals surface area contributed by atoms with Gasteiger partial charge in [0, 0.05) is 6.54 Å². The van der Waals surface area contributed by atoms with E-state index in [-0.39, 0.29) is 18.0 Å². The quantitative estimate of drug-likeness (QED) is 0.897. The monoisotopic (exact) mass is 297 g/mol. The van der Waals surface area contributed by atoms with E-state index in [0.29, 0.717) is 12.8 Å². The lowest BCUT2D eigenvalue weighted by molar-refractivity contribution is -0.142. The molecule has 1 aliphatic carbocycles. The minimum atomic E-state index is -0.920. The summed E-state index contributed by atoms with van der Waals surface area (Å²) in [6.45, 7) is 1.56. The summed E-state index contributed by atoms with van der Waals surface area (Å²) in [5.74, 6) is -4.23. The summed E-state index contributed by atoms with van der Waals surface area (Å²) >= 11 is 0. The molecule has 0 aliphatic heterocycles. The molecule has 2 N–H and O–H groups in total. The van der Waals surface area contributed by atoms with E-state index in [0.717, 1.165) is 12.5 Å². The Bertz CT molecular complexity index is 574. The van der Waals surface area contributed by atoms with Gasteiger partial charge in [0.2, 0.25) is 0 Å². The Morgan fingerprint density at radius 1 is 1.33 bits per heavy atom. The van der Waals surface area contributed by atoms with Crippen LogP contribution < -0.4 is 5.32 Å². The number of carbonyl (C=O) groups excluding carboxylic acids is 1. The molecule has 2 unspecified atom stereocenters.